The predicted octanol–water partition coefficient (Wildman–Crippen LogP) is 9.89. The van der Waals surface area contributed by atoms with Gasteiger partial charge in [-0.05, 0) is 40.3 Å². The zero-order valence-corrected chi connectivity index (χ0v) is 24.2. The molecule has 0 amide bonds. The van der Waals surface area contributed by atoms with Crippen molar-refractivity contribution in [1.82, 2.24) is 4.98 Å². The van der Waals surface area contributed by atoms with Crippen LogP contribution in [0.2, 0.25) is 0 Å². The number of hydrogen-bond donors (Lipinski definition) is 0. The molecule has 43 heavy (non-hydrogen) atoms. The molecule has 7 rings (SSSR count). The molecule has 0 bridgehead atoms. The lowest BCUT2D eigenvalue weighted by atomic mass is 9.87. The Kier molecular flexibility index (Phi) is 5.58. The lowest BCUT2D eigenvalue weighted by Crippen LogP contribution is -2.34. The Morgan fingerprint density at radius 3 is 2.14 bits per heavy atom. The Balaban J connectivity index is 1.40. The second kappa shape index (κ2) is 9.66. The first-order chi connectivity index (χ1) is 21.3. The van der Waals surface area contributed by atoms with E-state index in [9.17, 15) is 13.2 Å². The standard InChI is InChI=1S/C37H30F3N2O/c1-22-13-16-30-33-28-11-7-5-9-26(28)27-10-6-8-12-29(27)34(33)43-35(30)32(22)31-19-23(17-18-42(31)4)24-14-15-25(41-21-24)20-36(2,3)37(38,39)40/h5-19,21H,20H2,1-4H3/q+1/i20D2. The van der Waals surface area contributed by atoms with Crippen LogP contribution >= 0.6 is 0 Å². The van der Waals surface area contributed by atoms with E-state index in [0.29, 0.717) is 5.56 Å². The Hall–Kier alpha value is -4.71. The summed E-state index contributed by atoms with van der Waals surface area (Å²) in [4.78, 5) is 4.19. The quantitative estimate of drug-likeness (QED) is 0.154. The summed E-state index contributed by atoms with van der Waals surface area (Å²) in [5.41, 5.74) is 3.03. The van der Waals surface area contributed by atoms with E-state index in [2.05, 4.69) is 47.4 Å². The van der Waals surface area contributed by atoms with E-state index in [1.165, 1.54) is 12.3 Å². The van der Waals surface area contributed by atoms with Crippen molar-refractivity contribution in [1.29, 1.82) is 0 Å². The lowest BCUT2D eigenvalue weighted by molar-refractivity contribution is -0.660. The average molecular weight is 578 g/mol. The molecule has 0 N–H and O–H groups in total. The maximum Gasteiger partial charge on any atom is 0.394 e. The fourth-order valence-corrected chi connectivity index (χ4v) is 5.91. The summed E-state index contributed by atoms with van der Waals surface area (Å²) in [6.07, 6.45) is -4.10. The van der Waals surface area contributed by atoms with Gasteiger partial charge in [-0.15, -0.1) is 0 Å². The van der Waals surface area contributed by atoms with E-state index < -0.39 is 18.0 Å². The molecule has 0 fully saturated rings. The van der Waals surface area contributed by atoms with Crippen LogP contribution in [0, 0.1) is 12.3 Å². The van der Waals surface area contributed by atoms with Crippen molar-refractivity contribution in [3.05, 3.63) is 109 Å². The van der Waals surface area contributed by atoms with Crippen LogP contribution in [0.4, 0.5) is 13.2 Å². The highest BCUT2D eigenvalue weighted by Gasteiger charge is 2.47. The molecule has 0 spiro atoms. The first-order valence-corrected chi connectivity index (χ1v) is 14.1. The highest BCUT2D eigenvalue weighted by molar-refractivity contribution is 6.31. The largest absolute Gasteiger partial charge is 0.454 e. The van der Waals surface area contributed by atoms with Crippen molar-refractivity contribution >= 4 is 43.5 Å². The zero-order chi connectivity index (χ0) is 31.9. The molecular formula is C37H30F3N2O+. The van der Waals surface area contributed by atoms with Gasteiger partial charge in [0.1, 0.15) is 18.2 Å². The number of alkyl halides is 3. The van der Waals surface area contributed by atoms with E-state index in [-0.39, 0.29) is 5.69 Å². The van der Waals surface area contributed by atoms with Gasteiger partial charge < -0.3 is 4.42 Å². The smallest absolute Gasteiger partial charge is 0.394 e. The van der Waals surface area contributed by atoms with Gasteiger partial charge >= 0.3 is 6.18 Å². The van der Waals surface area contributed by atoms with Gasteiger partial charge in [0, 0.05) is 54.9 Å². The molecule has 0 unspecified atom stereocenters. The van der Waals surface area contributed by atoms with E-state index in [1.807, 2.05) is 55.1 Å². The fourth-order valence-electron chi connectivity index (χ4n) is 5.91. The van der Waals surface area contributed by atoms with E-state index >= 15 is 0 Å². The molecule has 0 radical (unpaired) electrons. The number of halogens is 3. The van der Waals surface area contributed by atoms with Gasteiger partial charge in [-0.1, -0.05) is 80.6 Å². The Morgan fingerprint density at radius 1 is 0.791 bits per heavy atom. The summed E-state index contributed by atoms with van der Waals surface area (Å²) in [5.74, 6) is 0. The van der Waals surface area contributed by atoms with Crippen molar-refractivity contribution in [3.8, 4) is 22.4 Å². The van der Waals surface area contributed by atoms with Crippen LogP contribution in [0.3, 0.4) is 0 Å². The molecule has 3 nitrogen and oxygen atoms in total. The minimum atomic E-state index is -4.74. The highest BCUT2D eigenvalue weighted by atomic mass is 19.4. The minimum absolute atomic E-state index is 0.266. The van der Waals surface area contributed by atoms with Crippen molar-refractivity contribution in [3.63, 3.8) is 0 Å². The zero-order valence-electron chi connectivity index (χ0n) is 26.2. The molecule has 214 valence electrons. The third-order valence-electron chi connectivity index (χ3n) is 8.38. The van der Waals surface area contributed by atoms with E-state index in [0.717, 1.165) is 79.7 Å². The molecule has 0 saturated heterocycles. The second-order valence-corrected chi connectivity index (χ2v) is 11.6. The first kappa shape index (κ1) is 24.8. The Labute approximate surface area is 250 Å². The molecule has 0 saturated carbocycles. The topological polar surface area (TPSA) is 29.9 Å². The van der Waals surface area contributed by atoms with Crippen LogP contribution in [0.1, 0.15) is 27.8 Å². The van der Waals surface area contributed by atoms with E-state index in [1.54, 1.807) is 6.07 Å². The van der Waals surface area contributed by atoms with Crippen LogP contribution in [0.25, 0.3) is 65.9 Å². The summed E-state index contributed by atoms with van der Waals surface area (Å²) in [7, 11) is 1.96. The normalized spacial score (nSPS) is 13.7. The fraction of sp³-hybridized carbons (Fsp3) is 0.189. The molecule has 4 aromatic carbocycles. The lowest BCUT2D eigenvalue weighted by Gasteiger charge is -2.27. The molecule has 3 aromatic heterocycles. The van der Waals surface area contributed by atoms with Gasteiger partial charge in [0.15, 0.2) is 6.20 Å². The van der Waals surface area contributed by atoms with Crippen molar-refractivity contribution in [2.45, 2.75) is 33.3 Å². The molecule has 0 atom stereocenters. The summed E-state index contributed by atoms with van der Waals surface area (Å²) >= 11 is 0. The van der Waals surface area contributed by atoms with Crippen LogP contribution in [0.15, 0.2) is 102 Å². The average Bonchev–Trinajstić information content (AvgIpc) is 3.41. The van der Waals surface area contributed by atoms with Gasteiger partial charge in [0.2, 0.25) is 5.69 Å². The van der Waals surface area contributed by atoms with Crippen LogP contribution < -0.4 is 4.57 Å². The summed E-state index contributed by atoms with van der Waals surface area (Å²) < 4.78 is 66.5. The van der Waals surface area contributed by atoms with Crippen LogP contribution in [0.5, 0.6) is 0 Å². The molecule has 7 aromatic rings. The molecule has 3 heterocycles. The molecule has 6 heteroatoms. The molecule has 0 aliphatic carbocycles. The number of hydrogen-bond acceptors (Lipinski definition) is 2. The summed E-state index contributed by atoms with van der Waals surface area (Å²) in [6, 6.07) is 27.7. The van der Waals surface area contributed by atoms with Crippen molar-refractivity contribution in [2.24, 2.45) is 12.5 Å². The van der Waals surface area contributed by atoms with Gasteiger partial charge in [0.25, 0.3) is 0 Å². The van der Waals surface area contributed by atoms with Gasteiger partial charge in [0.05, 0.1) is 11.0 Å². The third-order valence-corrected chi connectivity index (χ3v) is 8.38. The third kappa shape index (κ3) is 4.35. The summed E-state index contributed by atoms with van der Waals surface area (Å²) in [6.45, 7) is 3.77. The maximum atomic E-state index is 13.7. The first-order valence-electron chi connectivity index (χ1n) is 15.1. The van der Waals surface area contributed by atoms with Crippen LogP contribution in [-0.4, -0.2) is 11.2 Å². The number of aromatic nitrogens is 2. The highest BCUT2D eigenvalue weighted by Crippen LogP contribution is 2.44. The number of benzene rings is 4. The van der Waals surface area contributed by atoms with Gasteiger partial charge in [-0.3, -0.25) is 4.98 Å². The molecular weight excluding hydrogens is 545 g/mol. The predicted molar refractivity (Wildman–Crippen MR) is 167 cm³/mol. The number of nitrogens with zero attached hydrogens (tertiary/aromatic N) is 2. The number of rotatable bonds is 4. The van der Waals surface area contributed by atoms with Gasteiger partial charge in [-0.25, -0.2) is 4.57 Å². The minimum Gasteiger partial charge on any atom is -0.454 e. The van der Waals surface area contributed by atoms with Crippen molar-refractivity contribution in [2.75, 3.05) is 0 Å². The Bertz CT molecular complexity index is 2290. The maximum absolute atomic E-state index is 13.7. The van der Waals surface area contributed by atoms with Crippen LogP contribution in [-0.2, 0) is 13.4 Å². The van der Waals surface area contributed by atoms with Crippen molar-refractivity contribution < 1.29 is 24.9 Å². The number of fused-ring (bicyclic) bond motifs is 8. The second-order valence-electron chi connectivity index (χ2n) is 11.6. The number of furan rings is 1. The molecule has 0 aliphatic heterocycles. The summed E-state index contributed by atoms with van der Waals surface area (Å²) in [5, 5.41) is 6.54. The number of aryl methyl sites for hydroxylation is 2. The monoisotopic (exact) mass is 577 g/mol. The Morgan fingerprint density at radius 2 is 1.47 bits per heavy atom. The SMILES string of the molecule is [2H]C([2H])(c1ccc(-c2cc[n+](C)c(-c3c(C)ccc4c3oc3c5ccccc5c5ccccc5c43)c2)cn1)C(C)(C)C(F)(F)F. The number of pyridine rings is 2. The molecule has 0 aliphatic rings. The van der Waals surface area contributed by atoms with Gasteiger partial charge in [-0.2, -0.15) is 13.2 Å². The van der Waals surface area contributed by atoms with E-state index in [4.69, 9.17) is 7.16 Å².